The fraction of sp³-hybridized carbons (Fsp3) is 0.136. The van der Waals surface area contributed by atoms with Crippen molar-refractivity contribution in [3.05, 3.63) is 87.8 Å². The molecule has 0 bridgehead atoms. The normalized spacial score (nSPS) is 12.0. The average Bonchev–Trinajstić information content (AvgIpc) is 3.07. The van der Waals surface area contributed by atoms with Gasteiger partial charge in [-0.15, -0.1) is 0 Å². The maximum Gasteiger partial charge on any atom is 0.411 e. The summed E-state index contributed by atoms with van der Waals surface area (Å²) in [5, 5.41) is 2.36. The SMILES string of the molecule is COC(=O)c1cc[nH]c(=O)c1NC(=O)OCC1c2ccccc2-c2ccccc21. The van der Waals surface area contributed by atoms with Crippen molar-refractivity contribution in [3.8, 4) is 11.1 Å². The highest BCUT2D eigenvalue weighted by molar-refractivity contribution is 5.99. The van der Waals surface area contributed by atoms with Crippen LogP contribution in [-0.2, 0) is 9.47 Å². The first-order valence-electron chi connectivity index (χ1n) is 9.02. The van der Waals surface area contributed by atoms with Gasteiger partial charge in [0.15, 0.2) is 0 Å². The Bertz CT molecular complexity index is 1110. The van der Waals surface area contributed by atoms with Crippen molar-refractivity contribution >= 4 is 17.7 Å². The van der Waals surface area contributed by atoms with E-state index in [4.69, 9.17) is 4.74 Å². The van der Waals surface area contributed by atoms with Gasteiger partial charge in [-0.05, 0) is 28.3 Å². The van der Waals surface area contributed by atoms with E-state index >= 15 is 0 Å². The van der Waals surface area contributed by atoms with Crippen LogP contribution in [0.4, 0.5) is 10.5 Å². The molecule has 2 aromatic carbocycles. The third-order valence-electron chi connectivity index (χ3n) is 4.94. The molecule has 29 heavy (non-hydrogen) atoms. The van der Waals surface area contributed by atoms with E-state index in [0.29, 0.717) is 0 Å². The van der Waals surface area contributed by atoms with Crippen molar-refractivity contribution in [1.29, 1.82) is 0 Å². The number of benzene rings is 2. The number of esters is 1. The van der Waals surface area contributed by atoms with Crippen molar-refractivity contribution in [2.75, 3.05) is 19.0 Å². The molecule has 3 aromatic rings. The van der Waals surface area contributed by atoms with Crippen LogP contribution in [0, 0.1) is 0 Å². The molecule has 0 atom stereocenters. The lowest BCUT2D eigenvalue weighted by atomic mass is 9.98. The topological polar surface area (TPSA) is 97.5 Å². The number of carbonyl (C=O) groups excluding carboxylic acids is 2. The number of anilines is 1. The summed E-state index contributed by atoms with van der Waals surface area (Å²) in [6.45, 7) is 0.0954. The number of H-pyrrole nitrogens is 1. The molecule has 0 saturated heterocycles. The Balaban J connectivity index is 1.53. The number of hydrogen-bond acceptors (Lipinski definition) is 5. The summed E-state index contributed by atoms with van der Waals surface area (Å²) in [5.74, 6) is -0.840. The summed E-state index contributed by atoms with van der Waals surface area (Å²) < 4.78 is 10.1. The summed E-state index contributed by atoms with van der Waals surface area (Å²) in [6, 6.07) is 17.3. The van der Waals surface area contributed by atoms with Gasteiger partial charge in [0.2, 0.25) is 0 Å². The van der Waals surface area contributed by atoms with E-state index in [1.165, 1.54) is 19.4 Å². The zero-order valence-corrected chi connectivity index (χ0v) is 15.6. The minimum Gasteiger partial charge on any atom is -0.465 e. The molecule has 0 saturated carbocycles. The number of carbonyl (C=O) groups is 2. The molecule has 2 N–H and O–H groups in total. The lowest BCUT2D eigenvalue weighted by Gasteiger charge is -2.15. The number of aromatic nitrogens is 1. The molecule has 0 aliphatic heterocycles. The summed E-state index contributed by atoms with van der Waals surface area (Å²) in [4.78, 5) is 38.7. The highest BCUT2D eigenvalue weighted by Gasteiger charge is 2.29. The Morgan fingerprint density at radius 1 is 1.00 bits per heavy atom. The van der Waals surface area contributed by atoms with E-state index in [-0.39, 0.29) is 23.8 Å². The van der Waals surface area contributed by atoms with Gasteiger partial charge in [0, 0.05) is 12.1 Å². The first kappa shape index (κ1) is 18.5. The minimum atomic E-state index is -0.825. The van der Waals surface area contributed by atoms with Crippen molar-refractivity contribution in [2.24, 2.45) is 0 Å². The Morgan fingerprint density at radius 3 is 2.24 bits per heavy atom. The van der Waals surface area contributed by atoms with Crippen molar-refractivity contribution in [1.82, 2.24) is 4.98 Å². The lowest BCUT2D eigenvalue weighted by molar-refractivity contribution is 0.0601. The molecule has 1 aromatic heterocycles. The predicted molar refractivity (Wildman–Crippen MR) is 107 cm³/mol. The largest absolute Gasteiger partial charge is 0.465 e. The molecule has 0 fully saturated rings. The molecule has 146 valence electrons. The molecule has 7 heteroatoms. The maximum absolute atomic E-state index is 12.4. The molecule has 7 nitrogen and oxygen atoms in total. The van der Waals surface area contributed by atoms with Crippen molar-refractivity contribution in [2.45, 2.75) is 5.92 Å². The Labute approximate surface area is 166 Å². The van der Waals surface area contributed by atoms with Crippen LogP contribution >= 0.6 is 0 Å². The van der Waals surface area contributed by atoms with E-state index in [2.05, 4.69) is 15.0 Å². The van der Waals surface area contributed by atoms with Gasteiger partial charge in [-0.3, -0.25) is 10.1 Å². The van der Waals surface area contributed by atoms with Crippen LogP contribution in [0.2, 0.25) is 0 Å². The van der Waals surface area contributed by atoms with Crippen molar-refractivity contribution < 1.29 is 19.1 Å². The van der Waals surface area contributed by atoms with Crippen LogP contribution in [0.25, 0.3) is 11.1 Å². The molecular formula is C22H18N2O5. The van der Waals surface area contributed by atoms with Crippen LogP contribution in [0.3, 0.4) is 0 Å². The van der Waals surface area contributed by atoms with Gasteiger partial charge in [-0.2, -0.15) is 0 Å². The lowest BCUT2D eigenvalue weighted by Crippen LogP contribution is -2.25. The molecule has 0 spiro atoms. The number of aromatic amines is 1. The van der Waals surface area contributed by atoms with Gasteiger partial charge < -0.3 is 14.5 Å². The van der Waals surface area contributed by atoms with E-state index in [1.54, 1.807) is 0 Å². The monoisotopic (exact) mass is 390 g/mol. The molecule has 1 heterocycles. The van der Waals surface area contributed by atoms with E-state index < -0.39 is 17.6 Å². The van der Waals surface area contributed by atoms with Gasteiger partial charge in [-0.25, -0.2) is 9.59 Å². The number of nitrogens with one attached hydrogen (secondary N) is 2. The second-order valence-corrected chi connectivity index (χ2v) is 6.54. The number of pyridine rings is 1. The fourth-order valence-corrected chi connectivity index (χ4v) is 3.62. The molecule has 1 aliphatic carbocycles. The highest BCUT2D eigenvalue weighted by Crippen LogP contribution is 2.44. The van der Waals surface area contributed by atoms with Gasteiger partial charge in [-0.1, -0.05) is 48.5 Å². The molecule has 0 radical (unpaired) electrons. The summed E-state index contributed by atoms with van der Waals surface area (Å²) in [5.41, 5.74) is 3.50. The van der Waals surface area contributed by atoms with Crippen LogP contribution < -0.4 is 10.9 Å². The van der Waals surface area contributed by atoms with Crippen molar-refractivity contribution in [3.63, 3.8) is 0 Å². The Kier molecular flexibility index (Phi) is 4.87. The first-order valence-corrected chi connectivity index (χ1v) is 9.02. The maximum atomic E-state index is 12.4. The molecule has 4 rings (SSSR count). The number of amides is 1. The van der Waals surface area contributed by atoms with Gasteiger partial charge in [0.25, 0.3) is 5.56 Å². The number of rotatable bonds is 4. The predicted octanol–water partition coefficient (Wildman–Crippen LogP) is 3.52. The number of hydrogen-bond donors (Lipinski definition) is 2. The summed E-state index contributed by atoms with van der Waals surface area (Å²) in [7, 11) is 1.20. The highest BCUT2D eigenvalue weighted by atomic mass is 16.5. The van der Waals surface area contributed by atoms with Crippen LogP contribution in [0.5, 0.6) is 0 Å². The zero-order chi connectivity index (χ0) is 20.4. The third kappa shape index (κ3) is 3.38. The van der Waals surface area contributed by atoms with E-state index in [9.17, 15) is 14.4 Å². The third-order valence-corrected chi connectivity index (χ3v) is 4.94. The minimum absolute atomic E-state index is 0.0512. The molecule has 1 amide bonds. The van der Waals surface area contributed by atoms with Gasteiger partial charge in [0.1, 0.15) is 12.3 Å². The quantitative estimate of drug-likeness (QED) is 0.665. The Hall–Kier alpha value is -3.87. The average molecular weight is 390 g/mol. The second kappa shape index (κ2) is 7.63. The molecule has 0 unspecified atom stereocenters. The molecular weight excluding hydrogens is 372 g/mol. The number of methoxy groups -OCH3 is 1. The number of fused-ring (bicyclic) bond motifs is 3. The summed E-state index contributed by atoms with van der Waals surface area (Å²) in [6.07, 6.45) is 0.478. The standard InChI is InChI=1S/C22H18N2O5/c1-28-21(26)17-10-11-23-20(25)19(17)24-22(27)29-12-18-15-8-4-2-6-13(15)14-7-3-5-9-16(14)18/h2-11,18H,12H2,1H3,(H,23,25)(H,24,27). The van der Waals surface area contributed by atoms with E-state index in [0.717, 1.165) is 22.3 Å². The zero-order valence-electron chi connectivity index (χ0n) is 15.6. The smallest absolute Gasteiger partial charge is 0.411 e. The van der Waals surface area contributed by atoms with E-state index in [1.807, 2.05) is 48.5 Å². The van der Waals surface area contributed by atoms with Crippen LogP contribution in [0.1, 0.15) is 27.4 Å². The fourth-order valence-electron chi connectivity index (χ4n) is 3.62. The Morgan fingerprint density at radius 2 is 1.62 bits per heavy atom. The summed E-state index contributed by atoms with van der Waals surface area (Å²) >= 11 is 0. The second-order valence-electron chi connectivity index (χ2n) is 6.54. The van der Waals surface area contributed by atoms with Crippen LogP contribution in [0.15, 0.2) is 65.6 Å². The van der Waals surface area contributed by atoms with Gasteiger partial charge >= 0.3 is 12.1 Å². The molecule has 1 aliphatic rings. The number of ether oxygens (including phenoxy) is 2. The first-order chi connectivity index (χ1) is 14.1. The van der Waals surface area contributed by atoms with Gasteiger partial charge in [0.05, 0.1) is 12.7 Å². The van der Waals surface area contributed by atoms with Crippen LogP contribution in [-0.4, -0.2) is 30.8 Å².